The Hall–Kier alpha value is -4.73. The number of nitrogens with one attached hydrogen (secondary N) is 3. The summed E-state index contributed by atoms with van der Waals surface area (Å²) in [5.41, 5.74) is 3.04. The van der Waals surface area contributed by atoms with Gasteiger partial charge in [-0.15, -0.1) is 11.8 Å². The maximum Gasteiger partial charge on any atom is 0.272 e. The minimum Gasteiger partial charge on any atom is -0.497 e. The molecule has 0 unspecified atom stereocenters. The van der Waals surface area contributed by atoms with E-state index < -0.39 is 11.8 Å². The lowest BCUT2D eigenvalue weighted by molar-refractivity contribution is -0.114. The van der Waals surface area contributed by atoms with Gasteiger partial charge in [-0.1, -0.05) is 41.9 Å². The van der Waals surface area contributed by atoms with Crippen LogP contribution in [0.5, 0.6) is 11.5 Å². The quantitative estimate of drug-likeness (QED) is 0.126. The van der Waals surface area contributed by atoms with Gasteiger partial charge in [-0.25, -0.2) is 0 Å². The van der Waals surface area contributed by atoms with Gasteiger partial charge in [0.25, 0.3) is 11.8 Å². The van der Waals surface area contributed by atoms with Crippen LogP contribution in [-0.2, 0) is 9.59 Å². The molecule has 3 amide bonds. The zero-order valence-corrected chi connectivity index (χ0v) is 25.3. The van der Waals surface area contributed by atoms with Crippen LogP contribution in [0.1, 0.15) is 21.5 Å². The highest BCUT2D eigenvalue weighted by Gasteiger charge is 2.16. The normalized spacial score (nSPS) is 10.9. The van der Waals surface area contributed by atoms with Gasteiger partial charge in [0.05, 0.1) is 25.7 Å². The van der Waals surface area contributed by atoms with Gasteiger partial charge in [0.15, 0.2) is 0 Å². The van der Waals surface area contributed by atoms with Crippen molar-refractivity contribution in [1.29, 1.82) is 0 Å². The van der Waals surface area contributed by atoms with E-state index in [0.717, 1.165) is 10.5 Å². The second kappa shape index (κ2) is 14.9. The summed E-state index contributed by atoms with van der Waals surface area (Å²) in [5, 5.41) is 8.96. The molecule has 0 saturated carbocycles. The minimum absolute atomic E-state index is 0.0603. The molecular formula is C33H30ClN3O5S. The van der Waals surface area contributed by atoms with Gasteiger partial charge in [-0.2, -0.15) is 0 Å². The number of amides is 3. The van der Waals surface area contributed by atoms with E-state index >= 15 is 0 Å². The Bertz CT molecular complexity index is 1640. The van der Waals surface area contributed by atoms with Crippen LogP contribution in [0.25, 0.3) is 6.08 Å². The van der Waals surface area contributed by atoms with Gasteiger partial charge in [-0.05, 0) is 78.7 Å². The molecule has 8 nitrogen and oxygen atoms in total. The van der Waals surface area contributed by atoms with E-state index in [-0.39, 0.29) is 17.4 Å². The van der Waals surface area contributed by atoms with Gasteiger partial charge in [0.2, 0.25) is 5.91 Å². The summed E-state index contributed by atoms with van der Waals surface area (Å²) in [6, 6.07) is 26.3. The number of methoxy groups -OCH3 is 2. The zero-order chi connectivity index (χ0) is 30.8. The second-order valence-corrected chi connectivity index (χ2v) is 10.7. The van der Waals surface area contributed by atoms with Crippen LogP contribution in [-0.4, -0.2) is 37.7 Å². The molecule has 0 saturated heterocycles. The van der Waals surface area contributed by atoms with Gasteiger partial charge in [0.1, 0.15) is 17.2 Å². The third-order valence-electron chi connectivity index (χ3n) is 6.17. The highest BCUT2D eigenvalue weighted by Crippen LogP contribution is 2.31. The number of aryl methyl sites for hydroxylation is 1. The molecule has 0 fully saturated rings. The number of benzene rings is 4. The fourth-order valence-electron chi connectivity index (χ4n) is 3.94. The Labute approximate surface area is 259 Å². The summed E-state index contributed by atoms with van der Waals surface area (Å²) in [6.45, 7) is 1.85. The highest BCUT2D eigenvalue weighted by molar-refractivity contribution is 8.00. The van der Waals surface area contributed by atoms with Crippen molar-refractivity contribution in [3.05, 3.63) is 118 Å². The van der Waals surface area contributed by atoms with Crippen molar-refractivity contribution in [1.82, 2.24) is 5.32 Å². The molecule has 0 aromatic heterocycles. The third kappa shape index (κ3) is 8.88. The molecule has 220 valence electrons. The Morgan fingerprint density at radius 1 is 0.860 bits per heavy atom. The molecule has 43 heavy (non-hydrogen) atoms. The fraction of sp³-hybridized carbons (Fsp3) is 0.121. The number of carbonyl (C=O) groups excluding carboxylic acids is 3. The Balaban J connectivity index is 1.42. The number of halogens is 1. The molecule has 0 atom stereocenters. The number of rotatable bonds is 11. The molecule has 0 aliphatic rings. The lowest BCUT2D eigenvalue weighted by atomic mass is 10.1. The molecule has 3 N–H and O–H groups in total. The molecule has 4 rings (SSSR count). The third-order valence-corrected chi connectivity index (χ3v) is 7.59. The first kappa shape index (κ1) is 31.2. The van der Waals surface area contributed by atoms with E-state index in [0.29, 0.717) is 39.0 Å². The van der Waals surface area contributed by atoms with Crippen molar-refractivity contribution in [2.75, 3.05) is 30.6 Å². The number of ether oxygens (including phenoxy) is 2. The monoisotopic (exact) mass is 615 g/mol. The standard InChI is InChI=1S/C33H30ClN3O5S/c1-21-16-28(30(42-3)19-27(21)34)36-31(38)20-43-26-14-12-24(13-15-26)35-33(40)29(18-22-8-7-11-25(17-22)41-2)37-32(39)23-9-5-4-6-10-23/h4-19H,20H2,1-3H3,(H,35,40)(H,36,38)(H,37,39)/b29-18-. The van der Waals surface area contributed by atoms with E-state index in [1.54, 1.807) is 98.1 Å². The first-order valence-electron chi connectivity index (χ1n) is 13.2. The highest BCUT2D eigenvalue weighted by atomic mass is 35.5. The van der Waals surface area contributed by atoms with Crippen molar-refractivity contribution < 1.29 is 23.9 Å². The van der Waals surface area contributed by atoms with Gasteiger partial charge in [-0.3, -0.25) is 14.4 Å². The van der Waals surface area contributed by atoms with Crippen LogP contribution in [0.15, 0.2) is 102 Å². The second-order valence-electron chi connectivity index (χ2n) is 9.27. The topological polar surface area (TPSA) is 106 Å². The Morgan fingerprint density at radius 2 is 1.60 bits per heavy atom. The molecule has 4 aromatic carbocycles. The van der Waals surface area contributed by atoms with Gasteiger partial charge < -0.3 is 25.4 Å². The average molecular weight is 616 g/mol. The van der Waals surface area contributed by atoms with Crippen LogP contribution in [0.4, 0.5) is 11.4 Å². The van der Waals surface area contributed by atoms with Crippen molar-refractivity contribution in [2.24, 2.45) is 0 Å². The van der Waals surface area contributed by atoms with Gasteiger partial charge in [0, 0.05) is 27.2 Å². The summed E-state index contributed by atoms with van der Waals surface area (Å²) in [6.07, 6.45) is 1.58. The first-order chi connectivity index (χ1) is 20.7. The van der Waals surface area contributed by atoms with E-state index in [1.165, 1.54) is 18.9 Å². The number of thioether (sulfide) groups is 1. The first-order valence-corrected chi connectivity index (χ1v) is 14.5. The van der Waals surface area contributed by atoms with Crippen LogP contribution in [0, 0.1) is 6.92 Å². The smallest absolute Gasteiger partial charge is 0.272 e. The van der Waals surface area contributed by atoms with E-state index in [1.807, 2.05) is 13.0 Å². The molecule has 10 heteroatoms. The van der Waals surface area contributed by atoms with Crippen LogP contribution in [0.3, 0.4) is 0 Å². The molecule has 0 bridgehead atoms. The Morgan fingerprint density at radius 3 is 2.30 bits per heavy atom. The number of hydrogen-bond donors (Lipinski definition) is 3. The van der Waals surface area contributed by atoms with Crippen LogP contribution < -0.4 is 25.4 Å². The average Bonchev–Trinajstić information content (AvgIpc) is 3.02. The fourth-order valence-corrected chi connectivity index (χ4v) is 4.79. The van der Waals surface area contributed by atoms with E-state index in [4.69, 9.17) is 21.1 Å². The summed E-state index contributed by atoms with van der Waals surface area (Å²) in [7, 11) is 3.07. The molecule has 0 radical (unpaired) electrons. The molecule has 0 heterocycles. The molecule has 0 spiro atoms. The van der Waals surface area contributed by atoms with Crippen molar-refractivity contribution in [3.8, 4) is 11.5 Å². The predicted molar refractivity (Wildman–Crippen MR) is 172 cm³/mol. The molecule has 4 aromatic rings. The minimum atomic E-state index is -0.501. The largest absolute Gasteiger partial charge is 0.497 e. The lowest BCUT2D eigenvalue weighted by Gasteiger charge is -2.13. The van der Waals surface area contributed by atoms with E-state index in [9.17, 15) is 14.4 Å². The number of carbonyl (C=O) groups is 3. The van der Waals surface area contributed by atoms with Gasteiger partial charge >= 0.3 is 0 Å². The van der Waals surface area contributed by atoms with Crippen LogP contribution in [0.2, 0.25) is 5.02 Å². The molecular weight excluding hydrogens is 586 g/mol. The van der Waals surface area contributed by atoms with Crippen molar-refractivity contribution >= 4 is 58.5 Å². The summed E-state index contributed by atoms with van der Waals surface area (Å²) in [4.78, 5) is 39.6. The predicted octanol–water partition coefficient (Wildman–Crippen LogP) is 6.81. The zero-order valence-electron chi connectivity index (χ0n) is 23.8. The maximum absolute atomic E-state index is 13.3. The Kier molecular flexibility index (Phi) is 10.9. The van der Waals surface area contributed by atoms with E-state index in [2.05, 4.69) is 16.0 Å². The van der Waals surface area contributed by atoms with Crippen molar-refractivity contribution in [2.45, 2.75) is 11.8 Å². The maximum atomic E-state index is 13.3. The SMILES string of the molecule is COc1cccc(/C=C(\NC(=O)c2ccccc2)C(=O)Nc2ccc(SCC(=O)Nc3cc(C)c(Cl)cc3OC)cc2)c1. The number of hydrogen-bond acceptors (Lipinski definition) is 6. The van der Waals surface area contributed by atoms with Crippen LogP contribution >= 0.6 is 23.4 Å². The summed E-state index contributed by atoms with van der Waals surface area (Å²) in [5.74, 6) is 0.139. The molecule has 0 aliphatic carbocycles. The number of anilines is 2. The van der Waals surface area contributed by atoms with Crippen molar-refractivity contribution in [3.63, 3.8) is 0 Å². The summed E-state index contributed by atoms with van der Waals surface area (Å²) >= 11 is 7.49. The molecule has 0 aliphatic heterocycles. The summed E-state index contributed by atoms with van der Waals surface area (Å²) < 4.78 is 10.6. The lowest BCUT2D eigenvalue weighted by Crippen LogP contribution is -2.30.